The first-order valence-electron chi connectivity index (χ1n) is 12.0. The highest BCUT2D eigenvalue weighted by Crippen LogP contribution is 2.30. The SMILES string of the molecule is CCCNC(=O)[C@@H](CC)N(Cc1ccccc1C)C(=O)CCCN1C(=O)c2ccccc2S1(=O)=O. The van der Waals surface area contributed by atoms with E-state index in [0.29, 0.717) is 13.0 Å². The van der Waals surface area contributed by atoms with Crippen LogP contribution in [0.25, 0.3) is 0 Å². The van der Waals surface area contributed by atoms with Gasteiger partial charge in [0, 0.05) is 26.1 Å². The summed E-state index contributed by atoms with van der Waals surface area (Å²) >= 11 is 0. The summed E-state index contributed by atoms with van der Waals surface area (Å²) in [6, 6.07) is 13.2. The normalized spacial score (nSPS) is 14.9. The zero-order valence-electron chi connectivity index (χ0n) is 20.5. The Morgan fingerprint density at radius 2 is 1.74 bits per heavy atom. The molecule has 35 heavy (non-hydrogen) atoms. The van der Waals surface area contributed by atoms with Crippen molar-refractivity contribution in [3.05, 3.63) is 65.2 Å². The number of amides is 3. The summed E-state index contributed by atoms with van der Waals surface area (Å²) in [6.45, 7) is 6.48. The van der Waals surface area contributed by atoms with Crippen LogP contribution in [0.15, 0.2) is 53.4 Å². The molecular formula is C26H33N3O5S. The number of rotatable bonds is 11. The lowest BCUT2D eigenvalue weighted by molar-refractivity contribution is -0.141. The number of benzene rings is 2. The summed E-state index contributed by atoms with van der Waals surface area (Å²) in [5.74, 6) is -1.03. The van der Waals surface area contributed by atoms with Gasteiger partial charge in [-0.1, -0.05) is 50.2 Å². The zero-order valence-corrected chi connectivity index (χ0v) is 21.3. The molecule has 188 valence electrons. The highest BCUT2D eigenvalue weighted by Gasteiger charge is 2.40. The zero-order chi connectivity index (χ0) is 25.6. The summed E-state index contributed by atoms with van der Waals surface area (Å²) in [6.07, 6.45) is 1.41. The first kappa shape index (κ1) is 26.4. The van der Waals surface area contributed by atoms with E-state index in [4.69, 9.17) is 0 Å². The second kappa shape index (κ2) is 11.5. The minimum absolute atomic E-state index is 0.00357. The molecule has 0 fully saturated rings. The van der Waals surface area contributed by atoms with Gasteiger partial charge in [0.2, 0.25) is 11.8 Å². The molecule has 0 unspecified atom stereocenters. The van der Waals surface area contributed by atoms with Crippen molar-refractivity contribution in [1.29, 1.82) is 0 Å². The lowest BCUT2D eigenvalue weighted by atomic mass is 10.1. The Bertz CT molecular complexity index is 1190. The molecule has 9 heteroatoms. The third-order valence-corrected chi connectivity index (χ3v) is 8.04. The van der Waals surface area contributed by atoms with Crippen LogP contribution in [0.5, 0.6) is 0 Å². The maximum Gasteiger partial charge on any atom is 0.269 e. The first-order chi connectivity index (χ1) is 16.7. The van der Waals surface area contributed by atoms with E-state index in [9.17, 15) is 22.8 Å². The molecule has 1 heterocycles. The van der Waals surface area contributed by atoms with Crippen LogP contribution in [0.2, 0.25) is 0 Å². The van der Waals surface area contributed by atoms with E-state index in [-0.39, 0.29) is 48.2 Å². The molecule has 3 rings (SSSR count). The molecule has 3 amide bonds. The van der Waals surface area contributed by atoms with E-state index in [1.54, 1.807) is 17.0 Å². The van der Waals surface area contributed by atoms with Crippen molar-refractivity contribution in [1.82, 2.24) is 14.5 Å². The minimum atomic E-state index is -3.92. The summed E-state index contributed by atoms with van der Waals surface area (Å²) in [7, 11) is -3.92. The van der Waals surface area contributed by atoms with Crippen LogP contribution in [-0.2, 0) is 26.2 Å². The van der Waals surface area contributed by atoms with Crippen molar-refractivity contribution >= 4 is 27.7 Å². The summed E-state index contributed by atoms with van der Waals surface area (Å²) in [4.78, 5) is 40.4. The van der Waals surface area contributed by atoms with E-state index < -0.39 is 22.0 Å². The maximum atomic E-state index is 13.4. The Balaban J connectivity index is 1.74. The third kappa shape index (κ3) is 5.73. The largest absolute Gasteiger partial charge is 0.354 e. The molecule has 1 aliphatic rings. The van der Waals surface area contributed by atoms with Crippen LogP contribution >= 0.6 is 0 Å². The Labute approximate surface area is 207 Å². The second-order valence-electron chi connectivity index (χ2n) is 8.65. The molecule has 0 spiro atoms. The summed E-state index contributed by atoms with van der Waals surface area (Å²) in [5, 5.41) is 2.88. The molecule has 0 aliphatic carbocycles. The smallest absolute Gasteiger partial charge is 0.269 e. The van der Waals surface area contributed by atoms with Gasteiger partial charge in [-0.15, -0.1) is 0 Å². The van der Waals surface area contributed by atoms with Crippen LogP contribution in [0.3, 0.4) is 0 Å². The van der Waals surface area contributed by atoms with Gasteiger partial charge in [-0.3, -0.25) is 14.4 Å². The molecule has 0 aromatic heterocycles. The lowest BCUT2D eigenvalue weighted by Crippen LogP contribution is -2.49. The van der Waals surface area contributed by atoms with E-state index in [0.717, 1.165) is 21.9 Å². The molecule has 1 atom stereocenters. The van der Waals surface area contributed by atoms with Gasteiger partial charge < -0.3 is 10.2 Å². The number of aryl methyl sites for hydroxylation is 1. The van der Waals surface area contributed by atoms with Gasteiger partial charge in [0.05, 0.1) is 5.56 Å². The van der Waals surface area contributed by atoms with Crippen LogP contribution in [0.1, 0.15) is 61.0 Å². The van der Waals surface area contributed by atoms with Gasteiger partial charge in [-0.05, 0) is 49.4 Å². The van der Waals surface area contributed by atoms with Crippen molar-refractivity contribution in [2.75, 3.05) is 13.1 Å². The molecule has 8 nitrogen and oxygen atoms in total. The Hall–Kier alpha value is -3.20. The summed E-state index contributed by atoms with van der Waals surface area (Å²) < 4.78 is 26.4. The fourth-order valence-corrected chi connectivity index (χ4v) is 5.83. The number of sulfonamides is 1. The number of nitrogens with zero attached hydrogens (tertiary/aromatic N) is 2. The van der Waals surface area contributed by atoms with Gasteiger partial charge in [0.15, 0.2) is 0 Å². The van der Waals surface area contributed by atoms with Crippen LogP contribution in [0, 0.1) is 6.92 Å². The number of carbonyl (C=O) groups excluding carboxylic acids is 3. The highest BCUT2D eigenvalue weighted by molar-refractivity contribution is 7.90. The molecule has 1 aliphatic heterocycles. The Kier molecular flexibility index (Phi) is 8.67. The minimum Gasteiger partial charge on any atom is -0.354 e. The monoisotopic (exact) mass is 499 g/mol. The Morgan fingerprint density at radius 3 is 2.40 bits per heavy atom. The number of fused-ring (bicyclic) bond motifs is 1. The maximum absolute atomic E-state index is 13.4. The van der Waals surface area contributed by atoms with Gasteiger partial charge in [0.1, 0.15) is 10.9 Å². The standard InChI is InChI=1S/C26H33N3O5S/c1-4-16-27-25(31)22(5-2)28(18-20-12-7-6-11-19(20)3)24(30)15-10-17-29-26(32)21-13-8-9-14-23(21)35(29,33)34/h6-9,11-14,22H,4-5,10,15-18H2,1-3H3,(H,27,31)/t22-/m1/s1. The molecule has 0 saturated carbocycles. The average Bonchev–Trinajstić information content (AvgIpc) is 3.04. The fourth-order valence-electron chi connectivity index (χ4n) is 4.23. The third-order valence-electron chi connectivity index (χ3n) is 6.20. The number of nitrogens with one attached hydrogen (secondary N) is 1. The summed E-state index contributed by atoms with van der Waals surface area (Å²) in [5.41, 5.74) is 2.11. The average molecular weight is 500 g/mol. The van der Waals surface area contributed by atoms with Crippen LogP contribution in [-0.4, -0.2) is 54.5 Å². The van der Waals surface area contributed by atoms with E-state index in [1.165, 1.54) is 12.1 Å². The van der Waals surface area contributed by atoms with Crippen LogP contribution in [0.4, 0.5) is 0 Å². The predicted octanol–water partition coefficient (Wildman–Crippen LogP) is 3.25. The van der Waals surface area contributed by atoms with Crippen molar-refractivity contribution in [2.45, 2.75) is 63.9 Å². The van der Waals surface area contributed by atoms with Crippen molar-refractivity contribution in [3.63, 3.8) is 0 Å². The number of hydrogen-bond acceptors (Lipinski definition) is 5. The molecule has 0 radical (unpaired) electrons. The first-order valence-corrected chi connectivity index (χ1v) is 13.4. The fraction of sp³-hybridized carbons (Fsp3) is 0.423. The van der Waals surface area contributed by atoms with E-state index in [2.05, 4.69) is 5.32 Å². The molecule has 2 aromatic rings. The lowest BCUT2D eigenvalue weighted by Gasteiger charge is -2.31. The van der Waals surface area contributed by atoms with Crippen molar-refractivity contribution in [3.8, 4) is 0 Å². The topological polar surface area (TPSA) is 104 Å². The van der Waals surface area contributed by atoms with Crippen molar-refractivity contribution in [2.24, 2.45) is 0 Å². The van der Waals surface area contributed by atoms with E-state index in [1.807, 2.05) is 45.0 Å². The van der Waals surface area contributed by atoms with Crippen molar-refractivity contribution < 1.29 is 22.8 Å². The predicted molar refractivity (Wildman–Crippen MR) is 133 cm³/mol. The Morgan fingerprint density at radius 1 is 1.06 bits per heavy atom. The van der Waals surface area contributed by atoms with Gasteiger partial charge in [-0.2, -0.15) is 0 Å². The highest BCUT2D eigenvalue weighted by atomic mass is 32.2. The molecular weight excluding hydrogens is 466 g/mol. The van der Waals surface area contributed by atoms with Gasteiger partial charge in [-0.25, -0.2) is 12.7 Å². The van der Waals surface area contributed by atoms with Gasteiger partial charge in [0.25, 0.3) is 15.9 Å². The molecule has 1 N–H and O–H groups in total. The molecule has 0 bridgehead atoms. The van der Waals surface area contributed by atoms with E-state index >= 15 is 0 Å². The second-order valence-corrected chi connectivity index (χ2v) is 10.5. The van der Waals surface area contributed by atoms with Gasteiger partial charge >= 0.3 is 0 Å². The quantitative estimate of drug-likeness (QED) is 0.511. The van der Waals surface area contributed by atoms with Crippen LogP contribution < -0.4 is 5.32 Å². The number of hydrogen-bond donors (Lipinski definition) is 1. The molecule has 0 saturated heterocycles. The molecule has 2 aromatic carbocycles. The number of carbonyl (C=O) groups is 3.